The van der Waals surface area contributed by atoms with Crippen LogP contribution in [0.5, 0.6) is 0 Å². The van der Waals surface area contributed by atoms with E-state index in [1.165, 1.54) is 6.07 Å². The van der Waals surface area contributed by atoms with E-state index in [-0.39, 0.29) is 11.9 Å². The maximum absolute atomic E-state index is 13.9. The Balaban J connectivity index is 2.48. The molecule has 1 aromatic heterocycles. The Morgan fingerprint density at radius 2 is 2.22 bits per heavy atom. The van der Waals surface area contributed by atoms with Crippen molar-refractivity contribution < 1.29 is 4.39 Å². The molecule has 0 saturated carbocycles. The SMILES string of the molecule is CCn1nccc1C(NC)c1cc(Cl)ccc1F. The Labute approximate surface area is 111 Å². The van der Waals surface area contributed by atoms with Gasteiger partial charge in [-0.25, -0.2) is 4.39 Å². The molecule has 3 nitrogen and oxygen atoms in total. The number of nitrogens with zero attached hydrogens (tertiary/aromatic N) is 2. The van der Waals surface area contributed by atoms with Crippen LogP contribution in [0.1, 0.15) is 24.2 Å². The molecular formula is C13H15ClFN3. The van der Waals surface area contributed by atoms with Crippen LogP contribution in [0.4, 0.5) is 4.39 Å². The zero-order chi connectivity index (χ0) is 13.1. The Bertz CT molecular complexity index is 539. The zero-order valence-corrected chi connectivity index (χ0v) is 11.1. The van der Waals surface area contributed by atoms with Crippen LogP contribution in [0.2, 0.25) is 5.02 Å². The van der Waals surface area contributed by atoms with Gasteiger partial charge >= 0.3 is 0 Å². The number of hydrogen-bond acceptors (Lipinski definition) is 2. The molecule has 1 N–H and O–H groups in total. The third kappa shape index (κ3) is 2.40. The van der Waals surface area contributed by atoms with Crippen LogP contribution in [0, 0.1) is 5.82 Å². The third-order valence-corrected chi connectivity index (χ3v) is 3.14. The van der Waals surface area contributed by atoms with Crippen molar-refractivity contribution in [3.8, 4) is 0 Å². The number of benzene rings is 1. The highest BCUT2D eigenvalue weighted by Crippen LogP contribution is 2.26. The largest absolute Gasteiger partial charge is 0.308 e. The molecular weight excluding hydrogens is 253 g/mol. The Morgan fingerprint density at radius 1 is 1.44 bits per heavy atom. The lowest BCUT2D eigenvalue weighted by Gasteiger charge is -2.18. The predicted molar refractivity (Wildman–Crippen MR) is 70.2 cm³/mol. The molecule has 0 radical (unpaired) electrons. The van der Waals surface area contributed by atoms with E-state index in [1.54, 1.807) is 25.4 Å². The summed E-state index contributed by atoms with van der Waals surface area (Å²) in [6.45, 7) is 2.74. The molecule has 0 bridgehead atoms. The monoisotopic (exact) mass is 267 g/mol. The van der Waals surface area contributed by atoms with Crippen LogP contribution in [-0.4, -0.2) is 16.8 Å². The van der Waals surface area contributed by atoms with Crippen LogP contribution in [0.25, 0.3) is 0 Å². The van der Waals surface area contributed by atoms with Crippen molar-refractivity contribution in [2.24, 2.45) is 0 Å². The minimum Gasteiger partial charge on any atom is -0.308 e. The Kier molecular flexibility index (Phi) is 3.99. The second-order valence-corrected chi connectivity index (χ2v) is 4.40. The minimum absolute atomic E-state index is 0.258. The number of aromatic nitrogens is 2. The second kappa shape index (κ2) is 5.50. The molecule has 0 saturated heterocycles. The molecule has 18 heavy (non-hydrogen) atoms. The molecule has 0 fully saturated rings. The van der Waals surface area contributed by atoms with Gasteiger partial charge in [-0.1, -0.05) is 11.6 Å². The van der Waals surface area contributed by atoms with Gasteiger partial charge < -0.3 is 5.32 Å². The van der Waals surface area contributed by atoms with Gasteiger partial charge in [-0.3, -0.25) is 4.68 Å². The fourth-order valence-electron chi connectivity index (χ4n) is 2.05. The highest BCUT2D eigenvalue weighted by Gasteiger charge is 2.19. The molecule has 0 aliphatic heterocycles. The van der Waals surface area contributed by atoms with Gasteiger partial charge in [0.25, 0.3) is 0 Å². The first kappa shape index (κ1) is 13.1. The van der Waals surface area contributed by atoms with Crippen LogP contribution in [-0.2, 0) is 6.54 Å². The normalized spacial score (nSPS) is 12.7. The van der Waals surface area contributed by atoms with Crippen molar-refractivity contribution in [1.29, 1.82) is 0 Å². The van der Waals surface area contributed by atoms with Crippen LogP contribution < -0.4 is 5.32 Å². The van der Waals surface area contributed by atoms with Gasteiger partial charge in [0.05, 0.1) is 11.7 Å². The fourth-order valence-corrected chi connectivity index (χ4v) is 2.23. The lowest BCUT2D eigenvalue weighted by atomic mass is 10.0. The van der Waals surface area contributed by atoms with E-state index in [2.05, 4.69) is 10.4 Å². The predicted octanol–water partition coefficient (Wildman–Crippen LogP) is 3.00. The summed E-state index contributed by atoms with van der Waals surface area (Å²) in [4.78, 5) is 0. The van der Waals surface area contributed by atoms with Crippen LogP contribution in [0.15, 0.2) is 30.5 Å². The zero-order valence-electron chi connectivity index (χ0n) is 10.3. The third-order valence-electron chi connectivity index (χ3n) is 2.90. The number of rotatable bonds is 4. The molecule has 0 spiro atoms. The topological polar surface area (TPSA) is 29.9 Å². The lowest BCUT2D eigenvalue weighted by Crippen LogP contribution is -2.22. The lowest BCUT2D eigenvalue weighted by molar-refractivity contribution is 0.533. The molecule has 1 aromatic carbocycles. The summed E-state index contributed by atoms with van der Waals surface area (Å²) in [5.41, 5.74) is 1.45. The van der Waals surface area contributed by atoms with E-state index in [0.717, 1.165) is 12.2 Å². The summed E-state index contributed by atoms with van der Waals surface area (Å²) in [5.74, 6) is -0.275. The highest BCUT2D eigenvalue weighted by atomic mass is 35.5. The van der Waals surface area contributed by atoms with Crippen molar-refractivity contribution in [3.63, 3.8) is 0 Å². The summed E-state index contributed by atoms with van der Waals surface area (Å²) < 4.78 is 15.7. The van der Waals surface area contributed by atoms with E-state index >= 15 is 0 Å². The fraction of sp³-hybridized carbons (Fsp3) is 0.308. The van der Waals surface area contributed by atoms with Crippen molar-refractivity contribution in [2.45, 2.75) is 19.5 Å². The van der Waals surface area contributed by atoms with E-state index in [9.17, 15) is 4.39 Å². The molecule has 0 amide bonds. The molecule has 96 valence electrons. The quantitative estimate of drug-likeness (QED) is 0.923. The standard InChI is InChI=1S/C13H15ClFN3/c1-3-18-12(6-7-17-18)13(16-2)10-8-9(14)4-5-11(10)15/h4-8,13,16H,3H2,1-2H3. The van der Waals surface area contributed by atoms with Gasteiger partial charge in [0.1, 0.15) is 5.82 Å². The number of halogens is 2. The molecule has 1 unspecified atom stereocenters. The average Bonchev–Trinajstić information content (AvgIpc) is 2.83. The van der Waals surface area contributed by atoms with Crippen molar-refractivity contribution in [3.05, 3.63) is 52.6 Å². The number of aryl methyl sites for hydroxylation is 1. The maximum Gasteiger partial charge on any atom is 0.128 e. The molecule has 0 aliphatic carbocycles. The smallest absolute Gasteiger partial charge is 0.128 e. The summed E-state index contributed by atoms with van der Waals surface area (Å²) in [5, 5.41) is 7.83. The second-order valence-electron chi connectivity index (χ2n) is 3.96. The number of hydrogen-bond donors (Lipinski definition) is 1. The van der Waals surface area contributed by atoms with E-state index in [4.69, 9.17) is 11.6 Å². The van der Waals surface area contributed by atoms with Gasteiger partial charge in [0.15, 0.2) is 0 Å². The van der Waals surface area contributed by atoms with Crippen molar-refractivity contribution in [2.75, 3.05) is 7.05 Å². The Hall–Kier alpha value is -1.39. The first-order valence-electron chi connectivity index (χ1n) is 5.81. The minimum atomic E-state index is -0.275. The number of nitrogens with one attached hydrogen (secondary N) is 1. The Morgan fingerprint density at radius 3 is 2.89 bits per heavy atom. The van der Waals surface area contributed by atoms with Gasteiger partial charge in [-0.2, -0.15) is 5.10 Å². The van der Waals surface area contributed by atoms with Gasteiger partial charge in [-0.15, -0.1) is 0 Å². The van der Waals surface area contributed by atoms with Gasteiger partial charge in [0.2, 0.25) is 0 Å². The summed E-state index contributed by atoms with van der Waals surface area (Å²) in [6.07, 6.45) is 1.71. The van der Waals surface area contributed by atoms with Gasteiger partial charge in [-0.05, 0) is 38.2 Å². The first-order valence-corrected chi connectivity index (χ1v) is 6.19. The van der Waals surface area contributed by atoms with Crippen LogP contribution >= 0.6 is 11.6 Å². The molecule has 2 aromatic rings. The average molecular weight is 268 g/mol. The summed E-state index contributed by atoms with van der Waals surface area (Å²) in [6, 6.07) is 6.20. The molecule has 5 heteroatoms. The van der Waals surface area contributed by atoms with E-state index < -0.39 is 0 Å². The van der Waals surface area contributed by atoms with Crippen molar-refractivity contribution >= 4 is 11.6 Å². The molecule has 2 rings (SSSR count). The summed E-state index contributed by atoms with van der Waals surface area (Å²) in [7, 11) is 1.79. The molecule has 0 aliphatic rings. The maximum atomic E-state index is 13.9. The van der Waals surface area contributed by atoms with E-state index in [1.807, 2.05) is 17.7 Å². The summed E-state index contributed by atoms with van der Waals surface area (Å²) >= 11 is 5.94. The first-order chi connectivity index (χ1) is 8.67. The van der Waals surface area contributed by atoms with Gasteiger partial charge in [0, 0.05) is 23.3 Å². The molecule has 1 atom stereocenters. The molecule has 1 heterocycles. The van der Waals surface area contributed by atoms with Crippen LogP contribution in [0.3, 0.4) is 0 Å². The van der Waals surface area contributed by atoms with Crippen molar-refractivity contribution in [1.82, 2.24) is 15.1 Å². The highest BCUT2D eigenvalue weighted by molar-refractivity contribution is 6.30. The van der Waals surface area contributed by atoms with E-state index in [0.29, 0.717) is 10.6 Å².